The van der Waals surface area contributed by atoms with Gasteiger partial charge in [0.2, 0.25) is 0 Å². The molecule has 9 heteroatoms. The molecular weight excluding hydrogens is 407 g/mol. The Hall–Kier alpha value is -4.06. The molecule has 0 aliphatic carbocycles. The predicted molar refractivity (Wildman–Crippen MR) is 113 cm³/mol. The van der Waals surface area contributed by atoms with Crippen molar-refractivity contribution in [1.82, 2.24) is 4.98 Å². The number of nitrogens with two attached hydrogens (primary N) is 1. The van der Waals surface area contributed by atoms with Crippen LogP contribution in [-0.4, -0.2) is 23.4 Å². The second kappa shape index (κ2) is 8.75. The fraction of sp³-hybridized carbons (Fsp3) is 0.136. The number of hydrogen-bond donors (Lipinski definition) is 3. The highest BCUT2D eigenvalue weighted by Gasteiger charge is 2.30. The first-order valence-electron chi connectivity index (χ1n) is 9.09. The zero-order chi connectivity index (χ0) is 22.6. The van der Waals surface area contributed by atoms with Crippen molar-refractivity contribution < 1.29 is 18.3 Å². The van der Waals surface area contributed by atoms with Crippen LogP contribution in [0.5, 0.6) is 5.75 Å². The number of anilines is 2. The Morgan fingerprint density at radius 1 is 1.23 bits per heavy atom. The van der Waals surface area contributed by atoms with Crippen molar-refractivity contribution in [1.29, 1.82) is 5.26 Å². The van der Waals surface area contributed by atoms with E-state index in [-0.39, 0.29) is 29.5 Å². The average molecular weight is 425 g/mol. The third-order valence-electron chi connectivity index (χ3n) is 4.48. The summed E-state index contributed by atoms with van der Waals surface area (Å²) in [6.07, 6.45) is -2.98. The summed E-state index contributed by atoms with van der Waals surface area (Å²) in [6.45, 7) is 0.0340. The van der Waals surface area contributed by atoms with E-state index in [9.17, 15) is 23.5 Å². The van der Waals surface area contributed by atoms with E-state index in [4.69, 9.17) is 5.73 Å². The molecule has 0 unspecified atom stereocenters. The van der Waals surface area contributed by atoms with Gasteiger partial charge in [0, 0.05) is 30.9 Å². The number of nitrogens with one attached hydrogen (secondary N) is 1. The molecule has 3 rings (SSSR count). The highest BCUT2D eigenvalue weighted by atomic mass is 19.4. The quantitative estimate of drug-likeness (QED) is 0.519. The fourth-order valence-electron chi connectivity index (χ4n) is 3.13. The number of alkyl halides is 3. The number of benzene rings is 2. The van der Waals surface area contributed by atoms with Crippen LogP contribution in [0.2, 0.25) is 0 Å². The van der Waals surface area contributed by atoms with Gasteiger partial charge in [-0.05, 0) is 35.4 Å². The highest BCUT2D eigenvalue weighted by molar-refractivity contribution is 5.99. The second-order valence-electron chi connectivity index (χ2n) is 6.61. The minimum Gasteiger partial charge on any atom is -0.508 e. The Morgan fingerprint density at radius 3 is 2.61 bits per heavy atom. The van der Waals surface area contributed by atoms with Crippen molar-refractivity contribution in [3.8, 4) is 22.9 Å². The summed E-state index contributed by atoms with van der Waals surface area (Å²) in [7, 11) is 1.53. The van der Waals surface area contributed by atoms with E-state index < -0.39 is 11.7 Å². The summed E-state index contributed by atoms with van der Waals surface area (Å²) in [5.74, 6) is 0.188. The molecule has 0 fully saturated rings. The lowest BCUT2D eigenvalue weighted by atomic mass is 9.95. The third-order valence-corrected chi connectivity index (χ3v) is 4.48. The number of nitrogens with zero attached hydrogens (tertiary/aromatic N) is 3. The topological polar surface area (TPSA) is 107 Å². The van der Waals surface area contributed by atoms with Crippen molar-refractivity contribution in [2.45, 2.75) is 12.7 Å². The van der Waals surface area contributed by atoms with Gasteiger partial charge in [0.1, 0.15) is 29.0 Å². The zero-order valence-electron chi connectivity index (χ0n) is 16.4. The Balaban J connectivity index is 2.08. The van der Waals surface area contributed by atoms with Crippen molar-refractivity contribution in [3.05, 3.63) is 70.8 Å². The van der Waals surface area contributed by atoms with Crippen molar-refractivity contribution >= 4 is 17.9 Å². The zero-order valence-corrected chi connectivity index (χ0v) is 16.4. The predicted octanol–water partition coefficient (Wildman–Crippen LogP) is 4.59. The molecule has 0 radical (unpaired) electrons. The molecule has 0 atom stereocenters. The van der Waals surface area contributed by atoms with Gasteiger partial charge in [-0.2, -0.15) is 18.4 Å². The van der Waals surface area contributed by atoms with Crippen molar-refractivity contribution in [3.63, 3.8) is 0 Å². The highest BCUT2D eigenvalue weighted by Crippen LogP contribution is 2.35. The molecule has 31 heavy (non-hydrogen) atoms. The smallest absolute Gasteiger partial charge is 0.416 e. The van der Waals surface area contributed by atoms with E-state index in [1.807, 2.05) is 6.07 Å². The van der Waals surface area contributed by atoms with E-state index in [0.29, 0.717) is 22.3 Å². The summed E-state index contributed by atoms with van der Waals surface area (Å²) in [6, 6.07) is 13.2. The van der Waals surface area contributed by atoms with Crippen LogP contribution in [0.25, 0.3) is 11.1 Å². The SMILES string of the molecule is CN=Cc1c(NCc2cccc(C(F)(F)F)c2)nc(N)c(C#N)c1-c1cccc(O)c1. The standard InChI is InChI=1S/C22H18F3N5O/c1-28-12-18-19(14-5-3-7-16(31)9-14)17(10-26)20(27)30-21(18)29-11-13-4-2-6-15(8-13)22(23,24)25/h2-9,12,31H,11H2,1H3,(H3,27,29,30). The Morgan fingerprint density at radius 2 is 1.97 bits per heavy atom. The van der Waals surface area contributed by atoms with Crippen LogP contribution in [0.3, 0.4) is 0 Å². The maximum absolute atomic E-state index is 13.0. The second-order valence-corrected chi connectivity index (χ2v) is 6.61. The summed E-state index contributed by atoms with van der Waals surface area (Å²) < 4.78 is 39.0. The first-order valence-corrected chi connectivity index (χ1v) is 9.09. The van der Waals surface area contributed by atoms with Gasteiger partial charge in [-0.1, -0.05) is 24.3 Å². The number of nitrogen functional groups attached to an aromatic ring is 1. The molecule has 3 aromatic rings. The molecular formula is C22H18F3N5O. The molecule has 0 bridgehead atoms. The molecule has 0 spiro atoms. The molecule has 0 amide bonds. The summed E-state index contributed by atoms with van der Waals surface area (Å²) in [5.41, 5.74) is 7.07. The molecule has 1 heterocycles. The van der Waals surface area contributed by atoms with Gasteiger partial charge in [0.25, 0.3) is 0 Å². The number of aromatic nitrogens is 1. The number of phenolic OH excluding ortho intramolecular Hbond substituents is 1. The van der Waals surface area contributed by atoms with Gasteiger partial charge >= 0.3 is 6.18 Å². The Labute approximate surface area is 176 Å². The van der Waals surface area contributed by atoms with Crippen LogP contribution in [0.15, 0.2) is 53.5 Å². The van der Waals surface area contributed by atoms with E-state index >= 15 is 0 Å². The third kappa shape index (κ3) is 4.75. The number of halogens is 3. The van der Waals surface area contributed by atoms with Crippen molar-refractivity contribution in [2.24, 2.45) is 4.99 Å². The summed E-state index contributed by atoms with van der Waals surface area (Å²) in [5, 5.41) is 22.5. The molecule has 2 aromatic carbocycles. The van der Waals surface area contributed by atoms with Crippen molar-refractivity contribution in [2.75, 3.05) is 18.1 Å². The summed E-state index contributed by atoms with van der Waals surface area (Å²) >= 11 is 0. The fourth-order valence-corrected chi connectivity index (χ4v) is 3.13. The van der Waals surface area contributed by atoms with Crippen LogP contribution in [-0.2, 0) is 12.7 Å². The van der Waals surface area contributed by atoms with Crippen LogP contribution in [0, 0.1) is 11.3 Å². The maximum atomic E-state index is 13.0. The monoisotopic (exact) mass is 425 g/mol. The first-order chi connectivity index (χ1) is 14.7. The van der Waals surface area contributed by atoms with Gasteiger partial charge in [0.15, 0.2) is 0 Å². The lowest BCUT2D eigenvalue weighted by molar-refractivity contribution is -0.137. The lowest BCUT2D eigenvalue weighted by Crippen LogP contribution is -2.11. The molecule has 4 N–H and O–H groups in total. The van der Waals surface area contributed by atoms with E-state index in [1.165, 1.54) is 31.5 Å². The molecule has 6 nitrogen and oxygen atoms in total. The van der Waals surface area contributed by atoms with Crippen LogP contribution in [0.1, 0.15) is 22.3 Å². The number of hydrogen-bond acceptors (Lipinski definition) is 6. The minimum atomic E-state index is -4.45. The number of nitriles is 1. The van der Waals surface area contributed by atoms with Gasteiger partial charge in [-0.15, -0.1) is 0 Å². The van der Waals surface area contributed by atoms with Gasteiger partial charge in [-0.3, -0.25) is 4.99 Å². The number of aromatic hydroxyl groups is 1. The molecule has 0 saturated heterocycles. The average Bonchev–Trinajstić information content (AvgIpc) is 2.73. The maximum Gasteiger partial charge on any atom is 0.416 e. The largest absolute Gasteiger partial charge is 0.508 e. The number of phenols is 1. The van der Waals surface area contributed by atoms with Gasteiger partial charge < -0.3 is 16.2 Å². The first kappa shape index (κ1) is 21.6. The molecule has 158 valence electrons. The minimum absolute atomic E-state index is 0.00497. The Bertz CT molecular complexity index is 1180. The van der Waals surface area contributed by atoms with Gasteiger partial charge in [-0.25, -0.2) is 4.98 Å². The van der Waals surface area contributed by atoms with Crippen LogP contribution >= 0.6 is 0 Å². The molecule has 0 saturated carbocycles. The van der Waals surface area contributed by atoms with Crippen LogP contribution < -0.4 is 11.1 Å². The van der Waals surface area contributed by atoms with Gasteiger partial charge in [0.05, 0.1) is 5.56 Å². The van der Waals surface area contributed by atoms with E-state index in [0.717, 1.165) is 12.1 Å². The molecule has 0 aliphatic rings. The number of pyridine rings is 1. The summed E-state index contributed by atoms with van der Waals surface area (Å²) in [4.78, 5) is 8.24. The normalized spacial score (nSPS) is 11.5. The lowest BCUT2D eigenvalue weighted by Gasteiger charge is -2.17. The van der Waals surface area contributed by atoms with E-state index in [2.05, 4.69) is 15.3 Å². The Kier molecular flexibility index (Phi) is 6.11. The van der Waals surface area contributed by atoms with E-state index in [1.54, 1.807) is 18.2 Å². The molecule has 1 aromatic heterocycles. The molecule has 0 aliphatic heterocycles. The van der Waals surface area contributed by atoms with Crippen LogP contribution in [0.4, 0.5) is 24.8 Å². The number of aliphatic imine (C=N–C) groups is 1. The number of rotatable bonds is 5.